The van der Waals surface area contributed by atoms with Gasteiger partial charge in [-0.2, -0.15) is 5.10 Å². The Morgan fingerprint density at radius 3 is 2.64 bits per heavy atom. The highest BCUT2D eigenvalue weighted by Crippen LogP contribution is 2.36. The lowest BCUT2D eigenvalue weighted by Gasteiger charge is -2.12. The van der Waals surface area contributed by atoms with Crippen LogP contribution in [0.2, 0.25) is 0 Å². The molecule has 0 N–H and O–H groups in total. The van der Waals surface area contributed by atoms with E-state index in [4.69, 9.17) is 26.5 Å². The lowest BCUT2D eigenvalue weighted by Crippen LogP contribution is -2.27. The summed E-state index contributed by atoms with van der Waals surface area (Å²) in [7, 11) is 0. The molecule has 0 spiro atoms. The van der Waals surface area contributed by atoms with Gasteiger partial charge in [-0.05, 0) is 74.9 Å². The summed E-state index contributed by atoms with van der Waals surface area (Å²) in [5.41, 5.74) is 4.55. The van der Waals surface area contributed by atoms with Crippen molar-refractivity contribution in [2.24, 2.45) is 0 Å². The molecule has 0 saturated carbocycles. The molecule has 8 heteroatoms. The number of benzene rings is 2. The number of thiocarbonyl (C=S) groups is 1. The number of ether oxygens (including phenoxy) is 1. The molecule has 1 saturated heterocycles. The van der Waals surface area contributed by atoms with Gasteiger partial charge in [0.15, 0.2) is 0 Å². The van der Waals surface area contributed by atoms with Crippen molar-refractivity contribution in [3.8, 4) is 22.7 Å². The van der Waals surface area contributed by atoms with Crippen LogP contribution in [-0.2, 0) is 11.3 Å². The van der Waals surface area contributed by atoms with E-state index in [2.05, 4.69) is 0 Å². The van der Waals surface area contributed by atoms with Crippen LogP contribution in [0.4, 0.5) is 0 Å². The number of furan rings is 1. The van der Waals surface area contributed by atoms with Crippen molar-refractivity contribution in [3.05, 3.63) is 94.9 Å². The van der Waals surface area contributed by atoms with Gasteiger partial charge < -0.3 is 9.15 Å². The number of aryl methyl sites for hydroxylation is 1. The molecule has 0 unspecified atom stereocenters. The number of hydrogen-bond donors (Lipinski definition) is 0. The van der Waals surface area contributed by atoms with E-state index in [-0.39, 0.29) is 12.0 Å². The molecule has 1 aliphatic heterocycles. The summed E-state index contributed by atoms with van der Waals surface area (Å²) in [6, 6.07) is 19.5. The van der Waals surface area contributed by atoms with Gasteiger partial charge in [-0.25, -0.2) is 4.68 Å². The minimum Gasteiger partial charge on any atom is -0.491 e. The first-order chi connectivity index (χ1) is 17.4. The van der Waals surface area contributed by atoms with Crippen molar-refractivity contribution >= 4 is 40.3 Å². The summed E-state index contributed by atoms with van der Waals surface area (Å²) in [4.78, 5) is 15.4. The zero-order chi connectivity index (χ0) is 25.2. The Labute approximate surface area is 219 Å². The van der Waals surface area contributed by atoms with Gasteiger partial charge >= 0.3 is 0 Å². The number of carbonyl (C=O) groups is 1. The molecule has 0 bridgehead atoms. The molecule has 36 heavy (non-hydrogen) atoms. The van der Waals surface area contributed by atoms with Gasteiger partial charge in [-0.15, -0.1) is 0 Å². The van der Waals surface area contributed by atoms with E-state index in [1.54, 1.807) is 17.2 Å². The Morgan fingerprint density at radius 1 is 1.14 bits per heavy atom. The van der Waals surface area contributed by atoms with Crippen LogP contribution in [-0.4, -0.2) is 31.0 Å². The van der Waals surface area contributed by atoms with Crippen molar-refractivity contribution in [2.45, 2.75) is 33.4 Å². The molecule has 1 amide bonds. The summed E-state index contributed by atoms with van der Waals surface area (Å²) >= 11 is 6.80. The number of carbonyl (C=O) groups excluding carboxylic acids is 1. The standard InChI is InChI=1S/C28H25N3O3S2/c1-18(2)34-22-11-12-24(19(3)14-22)26-20(16-31(29-26)21-8-5-4-6-9-21)15-25-27(32)30(28(35)36-25)17-23-10-7-13-33-23/h4-16,18H,17H2,1-3H3/b25-15-. The number of hydrogen-bond acceptors (Lipinski definition) is 6. The highest BCUT2D eigenvalue weighted by Gasteiger charge is 2.33. The van der Waals surface area contributed by atoms with Gasteiger partial charge in [-0.1, -0.05) is 42.2 Å². The number of rotatable bonds is 7. The zero-order valence-corrected chi connectivity index (χ0v) is 21.8. The SMILES string of the molecule is Cc1cc(OC(C)C)ccc1-c1nn(-c2ccccc2)cc1/C=C1\SC(=S)N(Cc2ccco2)C1=O. The molecule has 5 rings (SSSR count). The highest BCUT2D eigenvalue weighted by molar-refractivity contribution is 8.26. The van der Waals surface area contributed by atoms with Crippen LogP contribution in [0.3, 0.4) is 0 Å². The minimum atomic E-state index is -0.141. The Hall–Kier alpha value is -3.62. The molecule has 3 heterocycles. The molecule has 4 aromatic rings. The average molecular weight is 516 g/mol. The van der Waals surface area contributed by atoms with E-state index in [0.717, 1.165) is 33.8 Å². The Bertz CT molecular complexity index is 1440. The van der Waals surface area contributed by atoms with E-state index in [9.17, 15) is 4.79 Å². The summed E-state index contributed by atoms with van der Waals surface area (Å²) in [6.07, 6.45) is 5.50. The van der Waals surface area contributed by atoms with E-state index in [1.807, 2.05) is 92.3 Å². The summed E-state index contributed by atoms with van der Waals surface area (Å²) < 4.78 is 13.6. The van der Waals surface area contributed by atoms with Crippen molar-refractivity contribution in [1.29, 1.82) is 0 Å². The molecule has 2 aromatic heterocycles. The van der Waals surface area contributed by atoms with E-state index in [0.29, 0.717) is 21.5 Å². The van der Waals surface area contributed by atoms with E-state index < -0.39 is 0 Å². The number of nitrogens with zero attached hydrogens (tertiary/aromatic N) is 3. The maximum Gasteiger partial charge on any atom is 0.266 e. The molecule has 2 aromatic carbocycles. The Kier molecular flexibility index (Phi) is 6.80. The van der Waals surface area contributed by atoms with Gasteiger partial charge in [0.25, 0.3) is 5.91 Å². The van der Waals surface area contributed by atoms with Crippen molar-refractivity contribution in [1.82, 2.24) is 14.7 Å². The number of thioether (sulfide) groups is 1. The second-order valence-corrected chi connectivity index (χ2v) is 10.4. The number of amides is 1. The predicted molar refractivity (Wildman–Crippen MR) is 147 cm³/mol. The smallest absolute Gasteiger partial charge is 0.266 e. The van der Waals surface area contributed by atoms with Crippen molar-refractivity contribution in [3.63, 3.8) is 0 Å². The molecule has 6 nitrogen and oxygen atoms in total. The van der Waals surface area contributed by atoms with Crippen LogP contribution in [0.15, 0.2) is 82.4 Å². The maximum atomic E-state index is 13.2. The van der Waals surface area contributed by atoms with Gasteiger partial charge in [0, 0.05) is 17.3 Å². The second-order valence-electron chi connectivity index (χ2n) is 8.70. The number of para-hydroxylation sites is 1. The fraction of sp³-hybridized carbons (Fsp3) is 0.179. The average Bonchev–Trinajstić information content (AvgIpc) is 3.57. The molecule has 1 aliphatic rings. The fourth-order valence-corrected chi connectivity index (χ4v) is 5.24. The highest BCUT2D eigenvalue weighted by atomic mass is 32.2. The molecule has 0 atom stereocenters. The Balaban J connectivity index is 1.54. The first-order valence-electron chi connectivity index (χ1n) is 11.6. The zero-order valence-electron chi connectivity index (χ0n) is 20.2. The van der Waals surface area contributed by atoms with Crippen LogP contribution in [0.25, 0.3) is 23.0 Å². The monoisotopic (exact) mass is 515 g/mol. The first-order valence-corrected chi connectivity index (χ1v) is 12.8. The second kappa shape index (κ2) is 10.2. The largest absolute Gasteiger partial charge is 0.491 e. The quantitative estimate of drug-likeness (QED) is 0.203. The van der Waals surface area contributed by atoms with Crippen LogP contribution in [0, 0.1) is 6.92 Å². The lowest BCUT2D eigenvalue weighted by molar-refractivity contribution is -0.122. The number of aromatic nitrogens is 2. The summed E-state index contributed by atoms with van der Waals surface area (Å²) in [5, 5.41) is 4.92. The van der Waals surface area contributed by atoms with Gasteiger partial charge in [0.2, 0.25) is 0 Å². The summed E-state index contributed by atoms with van der Waals surface area (Å²) in [6.45, 7) is 6.36. The normalized spacial score (nSPS) is 14.9. The van der Waals surface area contributed by atoms with E-state index >= 15 is 0 Å². The predicted octanol–water partition coefficient (Wildman–Crippen LogP) is 6.63. The topological polar surface area (TPSA) is 60.5 Å². The van der Waals surface area contributed by atoms with Gasteiger partial charge in [0.1, 0.15) is 21.5 Å². The molecule has 1 fully saturated rings. The first kappa shape index (κ1) is 24.1. The molecular weight excluding hydrogens is 490 g/mol. The van der Waals surface area contributed by atoms with Crippen LogP contribution >= 0.6 is 24.0 Å². The van der Waals surface area contributed by atoms with Crippen LogP contribution in [0.5, 0.6) is 5.75 Å². The van der Waals surface area contributed by atoms with Crippen molar-refractivity contribution in [2.75, 3.05) is 0 Å². The van der Waals surface area contributed by atoms with Gasteiger partial charge in [-0.3, -0.25) is 9.69 Å². The third-order valence-electron chi connectivity index (χ3n) is 5.64. The van der Waals surface area contributed by atoms with Gasteiger partial charge in [0.05, 0.1) is 29.5 Å². The van der Waals surface area contributed by atoms with Crippen molar-refractivity contribution < 1.29 is 13.9 Å². The molecule has 0 radical (unpaired) electrons. The molecule has 182 valence electrons. The minimum absolute atomic E-state index is 0.0891. The third-order valence-corrected chi connectivity index (χ3v) is 7.02. The Morgan fingerprint density at radius 2 is 1.94 bits per heavy atom. The lowest BCUT2D eigenvalue weighted by atomic mass is 10.0. The molecule has 0 aliphatic carbocycles. The van der Waals surface area contributed by atoms with E-state index in [1.165, 1.54) is 11.8 Å². The third kappa shape index (κ3) is 5.01. The van der Waals surface area contributed by atoms with Crippen LogP contribution in [0.1, 0.15) is 30.7 Å². The molecular formula is C28H25N3O3S2. The van der Waals surface area contributed by atoms with Crippen LogP contribution < -0.4 is 4.74 Å². The maximum absolute atomic E-state index is 13.2. The fourth-order valence-electron chi connectivity index (χ4n) is 4.00. The summed E-state index contributed by atoms with van der Waals surface area (Å²) in [5.74, 6) is 1.36.